The first-order chi connectivity index (χ1) is 20.1. The lowest BCUT2D eigenvalue weighted by atomic mass is 9.84. The Morgan fingerprint density at radius 1 is 0.561 bits per heavy atom. The summed E-state index contributed by atoms with van der Waals surface area (Å²) in [6.07, 6.45) is 2.20. The Morgan fingerprint density at radius 2 is 1.15 bits per heavy atom. The van der Waals surface area contributed by atoms with Crippen LogP contribution in [0.15, 0.2) is 115 Å². The molecule has 4 aromatic carbocycles. The van der Waals surface area contributed by atoms with Crippen molar-refractivity contribution >= 4 is 32.1 Å². The third-order valence-corrected chi connectivity index (χ3v) is 11.1. The van der Waals surface area contributed by atoms with E-state index in [0.29, 0.717) is 0 Å². The summed E-state index contributed by atoms with van der Waals surface area (Å²) < 4.78 is 4.97. The van der Waals surface area contributed by atoms with Gasteiger partial charge in [-0.1, -0.05) is 84.9 Å². The van der Waals surface area contributed by atoms with Crippen LogP contribution in [0.3, 0.4) is 0 Å². The molecular weight excluding hydrogens is 535 g/mol. The van der Waals surface area contributed by atoms with Gasteiger partial charge >= 0.3 is 0 Å². The fourth-order valence-corrected chi connectivity index (χ4v) is 8.99. The van der Waals surface area contributed by atoms with Crippen molar-refractivity contribution < 1.29 is 4.57 Å². The molecule has 0 spiro atoms. The molecule has 0 bridgehead atoms. The van der Waals surface area contributed by atoms with E-state index < -0.39 is 0 Å². The number of rotatable bonds is 2. The van der Waals surface area contributed by atoms with Gasteiger partial charge in [0.1, 0.15) is 7.05 Å². The maximum absolute atomic E-state index is 2.41. The van der Waals surface area contributed by atoms with E-state index in [1.54, 1.807) is 0 Å². The van der Waals surface area contributed by atoms with Crippen LogP contribution in [0.1, 0.15) is 11.1 Å². The van der Waals surface area contributed by atoms with Gasteiger partial charge in [0.15, 0.2) is 6.20 Å². The molecule has 8 rings (SSSR count). The van der Waals surface area contributed by atoms with Crippen LogP contribution in [0.5, 0.6) is 0 Å². The molecule has 0 saturated heterocycles. The molecule has 3 aromatic heterocycles. The molecule has 1 aliphatic carbocycles. The molecular formula is C38H28NS2+. The predicted molar refractivity (Wildman–Crippen MR) is 177 cm³/mol. The van der Waals surface area contributed by atoms with Gasteiger partial charge in [0.25, 0.3) is 0 Å². The molecule has 41 heavy (non-hydrogen) atoms. The summed E-state index contributed by atoms with van der Waals surface area (Å²) in [5, 5.41) is 0. The predicted octanol–water partition coefficient (Wildman–Crippen LogP) is 10.7. The van der Waals surface area contributed by atoms with Crippen molar-refractivity contribution in [1.82, 2.24) is 0 Å². The molecule has 3 heterocycles. The molecule has 0 radical (unpaired) electrons. The van der Waals surface area contributed by atoms with E-state index in [0.717, 1.165) is 0 Å². The lowest BCUT2D eigenvalue weighted by Gasteiger charge is -2.20. The van der Waals surface area contributed by atoms with Crippen LogP contribution in [0, 0.1) is 13.8 Å². The van der Waals surface area contributed by atoms with E-state index >= 15 is 0 Å². The van der Waals surface area contributed by atoms with Crippen LogP contribution in [0.25, 0.3) is 74.9 Å². The minimum atomic E-state index is 1.24. The Balaban J connectivity index is 1.37. The fraction of sp³-hybridized carbons (Fsp3) is 0.0789. The Bertz CT molecular complexity index is 2140. The van der Waals surface area contributed by atoms with E-state index in [9.17, 15) is 0 Å². The molecule has 0 saturated carbocycles. The largest absolute Gasteiger partial charge is 0.213 e. The maximum atomic E-state index is 2.41. The molecule has 7 aromatic rings. The Labute approximate surface area is 248 Å². The lowest BCUT2D eigenvalue weighted by molar-refractivity contribution is -0.660. The van der Waals surface area contributed by atoms with E-state index in [1.807, 2.05) is 22.7 Å². The molecule has 0 N–H and O–H groups in total. The van der Waals surface area contributed by atoms with Crippen molar-refractivity contribution in [3.63, 3.8) is 0 Å². The van der Waals surface area contributed by atoms with E-state index in [1.165, 1.54) is 86.0 Å². The average Bonchev–Trinajstić information content (AvgIpc) is 3.57. The van der Waals surface area contributed by atoms with Gasteiger partial charge in [-0.25, -0.2) is 4.57 Å². The second-order valence-electron chi connectivity index (χ2n) is 10.9. The molecule has 0 fully saturated rings. The molecule has 1 aliphatic rings. The van der Waals surface area contributed by atoms with Crippen LogP contribution < -0.4 is 4.57 Å². The third kappa shape index (κ3) is 3.77. The third-order valence-electron chi connectivity index (χ3n) is 8.55. The van der Waals surface area contributed by atoms with Gasteiger partial charge < -0.3 is 0 Å². The Kier molecular flexibility index (Phi) is 5.60. The van der Waals surface area contributed by atoms with Crippen molar-refractivity contribution in [1.29, 1.82) is 0 Å². The number of nitrogens with zero attached hydrogens (tertiary/aromatic N) is 1. The van der Waals surface area contributed by atoms with Gasteiger partial charge in [0.2, 0.25) is 5.69 Å². The maximum Gasteiger partial charge on any atom is 0.213 e. The highest BCUT2D eigenvalue weighted by molar-refractivity contribution is 7.32. The van der Waals surface area contributed by atoms with Crippen molar-refractivity contribution in [3.05, 3.63) is 127 Å². The summed E-state index contributed by atoms with van der Waals surface area (Å²) in [4.78, 5) is 2.68. The van der Waals surface area contributed by atoms with Gasteiger partial charge in [0, 0.05) is 48.8 Å². The van der Waals surface area contributed by atoms with E-state index in [2.05, 4.69) is 141 Å². The molecule has 0 atom stereocenters. The van der Waals surface area contributed by atoms with Crippen LogP contribution in [-0.2, 0) is 7.05 Å². The number of pyridine rings is 1. The molecule has 0 unspecified atom stereocenters. The number of aromatic nitrogens is 1. The minimum Gasteiger partial charge on any atom is -0.201 e. The minimum absolute atomic E-state index is 1.24. The topological polar surface area (TPSA) is 3.88 Å². The smallest absolute Gasteiger partial charge is 0.201 e. The number of thiophene rings is 2. The average molecular weight is 563 g/mol. The normalized spacial score (nSPS) is 11.8. The molecule has 0 amide bonds. The number of hydrogen-bond donors (Lipinski definition) is 0. The van der Waals surface area contributed by atoms with Gasteiger partial charge in [0.05, 0.1) is 4.70 Å². The van der Waals surface area contributed by atoms with Crippen molar-refractivity contribution in [3.8, 4) is 65.5 Å². The number of hydrogen-bond acceptors (Lipinski definition) is 2. The first-order valence-electron chi connectivity index (χ1n) is 14.0. The highest BCUT2D eigenvalue weighted by atomic mass is 32.1. The highest BCUT2D eigenvalue weighted by Gasteiger charge is 2.26. The number of fused-ring (bicyclic) bond motifs is 10. The van der Waals surface area contributed by atoms with Crippen LogP contribution in [0.4, 0.5) is 0 Å². The zero-order chi connectivity index (χ0) is 27.7. The number of benzene rings is 4. The van der Waals surface area contributed by atoms with Gasteiger partial charge in [-0.2, -0.15) is 0 Å². The summed E-state index contributed by atoms with van der Waals surface area (Å²) >= 11 is 3.86. The van der Waals surface area contributed by atoms with Crippen molar-refractivity contribution in [2.24, 2.45) is 7.05 Å². The van der Waals surface area contributed by atoms with Crippen molar-refractivity contribution in [2.45, 2.75) is 13.8 Å². The monoisotopic (exact) mass is 562 g/mol. The van der Waals surface area contributed by atoms with E-state index in [-0.39, 0.29) is 0 Å². The second kappa shape index (κ2) is 9.37. The standard InChI is InChI=1S/C38H28NS2/c1-23-11-10-18-26(24(23)2)33-21-25(19-20-39(33)3)34-22-35-38(40-34)36-31-16-8-6-14-29(31)27-12-4-5-13-28(27)30-15-7-9-17-32(30)37(36)41-35/h4-22H,1-3H3/q+1. The quantitative estimate of drug-likeness (QED) is 0.185. The summed E-state index contributed by atoms with van der Waals surface area (Å²) in [5.41, 5.74) is 15.7. The molecule has 3 heteroatoms. The Hall–Kier alpha value is -4.31. The SMILES string of the molecule is Cc1cccc(-c2cc(-c3cc4sc5c(c4s3)-c3ccccc3-c3ccccc3-c3ccccc3-5)cc[n+]2C)c1C. The van der Waals surface area contributed by atoms with E-state index in [4.69, 9.17) is 0 Å². The van der Waals surface area contributed by atoms with Crippen LogP contribution in [0.2, 0.25) is 0 Å². The van der Waals surface area contributed by atoms with Crippen LogP contribution >= 0.6 is 22.7 Å². The van der Waals surface area contributed by atoms with Gasteiger partial charge in [-0.05, 0) is 64.9 Å². The number of aryl methyl sites for hydroxylation is 2. The molecule has 196 valence electrons. The molecule has 0 aliphatic heterocycles. The first kappa shape index (κ1) is 24.5. The summed E-state index contributed by atoms with van der Waals surface area (Å²) in [6.45, 7) is 4.42. The first-order valence-corrected chi connectivity index (χ1v) is 15.6. The summed E-state index contributed by atoms with van der Waals surface area (Å²) in [5.74, 6) is 0. The Morgan fingerprint density at radius 3 is 1.85 bits per heavy atom. The fourth-order valence-electron chi connectivity index (χ4n) is 6.29. The summed E-state index contributed by atoms with van der Waals surface area (Å²) in [6, 6.07) is 40.4. The zero-order valence-corrected chi connectivity index (χ0v) is 24.9. The summed E-state index contributed by atoms with van der Waals surface area (Å²) in [7, 11) is 2.14. The van der Waals surface area contributed by atoms with Gasteiger partial charge in [-0.15, -0.1) is 22.7 Å². The van der Waals surface area contributed by atoms with Crippen molar-refractivity contribution in [2.75, 3.05) is 0 Å². The van der Waals surface area contributed by atoms with Gasteiger partial charge in [-0.3, -0.25) is 0 Å². The molecule has 1 nitrogen and oxygen atoms in total. The lowest BCUT2D eigenvalue weighted by Crippen LogP contribution is -2.30. The second-order valence-corrected chi connectivity index (χ2v) is 13.0. The highest BCUT2D eigenvalue weighted by Crippen LogP contribution is 2.55. The zero-order valence-electron chi connectivity index (χ0n) is 23.2. The van der Waals surface area contributed by atoms with Crippen LogP contribution in [-0.4, -0.2) is 0 Å².